The Morgan fingerprint density at radius 2 is 2.15 bits per heavy atom. The van der Waals surface area contributed by atoms with E-state index in [1.165, 1.54) is 0 Å². The van der Waals surface area contributed by atoms with Crippen LogP contribution in [0.1, 0.15) is 25.1 Å². The zero-order valence-electron chi connectivity index (χ0n) is 12.9. The van der Waals surface area contributed by atoms with E-state index in [9.17, 15) is 0 Å². The largest absolute Gasteiger partial charge is 0.307 e. The smallest absolute Gasteiger partial charge is 0.0834 e. The summed E-state index contributed by atoms with van der Waals surface area (Å²) in [7, 11) is 6.35. The molecule has 1 fully saturated rings. The lowest BCUT2D eigenvalue weighted by Crippen LogP contribution is -2.55. The number of aryl methyl sites for hydroxylation is 1. The van der Waals surface area contributed by atoms with Crippen LogP contribution in [0.15, 0.2) is 6.20 Å². The first-order valence-electron chi connectivity index (χ1n) is 7.34. The van der Waals surface area contributed by atoms with Crippen LogP contribution in [-0.2, 0) is 7.05 Å². The topological polar surface area (TPSA) is 36.3 Å². The highest BCUT2D eigenvalue weighted by molar-refractivity contribution is 6.31. The van der Waals surface area contributed by atoms with Gasteiger partial charge in [0.25, 0.3) is 0 Å². The van der Waals surface area contributed by atoms with E-state index in [-0.39, 0.29) is 6.04 Å². The monoisotopic (exact) mass is 299 g/mol. The van der Waals surface area contributed by atoms with Gasteiger partial charge in [0.1, 0.15) is 0 Å². The molecule has 0 bridgehead atoms. The van der Waals surface area contributed by atoms with Crippen LogP contribution in [0.25, 0.3) is 0 Å². The van der Waals surface area contributed by atoms with Crippen molar-refractivity contribution in [2.75, 3.05) is 40.3 Å². The summed E-state index contributed by atoms with van der Waals surface area (Å²) in [4.78, 5) is 4.81. The Balaban J connectivity index is 2.27. The van der Waals surface area contributed by atoms with E-state index in [0.717, 1.165) is 43.3 Å². The van der Waals surface area contributed by atoms with Crippen molar-refractivity contribution in [1.82, 2.24) is 24.9 Å². The molecule has 0 spiro atoms. The summed E-state index contributed by atoms with van der Waals surface area (Å²) in [5.41, 5.74) is 1.09. The zero-order valence-corrected chi connectivity index (χ0v) is 13.7. The predicted octanol–water partition coefficient (Wildman–Crippen LogP) is 1.36. The molecule has 6 heteroatoms. The second-order valence-electron chi connectivity index (χ2n) is 5.74. The van der Waals surface area contributed by atoms with Crippen LogP contribution in [0.4, 0.5) is 0 Å². The molecule has 1 saturated heterocycles. The standard InChI is InChI=1S/C14H26ClN5/c1-5-6-16-13(14-11(15)9-17-20(14)4)12-10-18(2)7-8-19(12)3/h9,12-13,16H,5-8,10H2,1-4H3. The Morgan fingerprint density at radius 1 is 1.40 bits per heavy atom. The van der Waals surface area contributed by atoms with Crippen molar-refractivity contribution >= 4 is 11.6 Å². The normalized spacial score (nSPS) is 23.1. The zero-order chi connectivity index (χ0) is 14.7. The van der Waals surface area contributed by atoms with Crippen molar-refractivity contribution in [3.05, 3.63) is 16.9 Å². The molecule has 1 aromatic rings. The fraction of sp³-hybridized carbons (Fsp3) is 0.786. The number of nitrogens with one attached hydrogen (secondary N) is 1. The van der Waals surface area contributed by atoms with Crippen LogP contribution in [0.3, 0.4) is 0 Å². The molecule has 2 unspecified atom stereocenters. The molecule has 2 rings (SSSR count). The van der Waals surface area contributed by atoms with Gasteiger partial charge >= 0.3 is 0 Å². The van der Waals surface area contributed by atoms with Gasteiger partial charge in [0.2, 0.25) is 0 Å². The van der Waals surface area contributed by atoms with Crippen molar-refractivity contribution in [3.63, 3.8) is 0 Å². The lowest BCUT2D eigenvalue weighted by Gasteiger charge is -2.42. The van der Waals surface area contributed by atoms with Gasteiger partial charge in [-0.1, -0.05) is 18.5 Å². The van der Waals surface area contributed by atoms with Gasteiger partial charge in [0, 0.05) is 32.7 Å². The minimum absolute atomic E-state index is 0.211. The van der Waals surface area contributed by atoms with E-state index in [1.54, 1.807) is 6.20 Å². The molecule has 5 nitrogen and oxygen atoms in total. The van der Waals surface area contributed by atoms with Crippen molar-refractivity contribution in [1.29, 1.82) is 0 Å². The molecule has 2 heterocycles. The van der Waals surface area contributed by atoms with Crippen LogP contribution in [0.5, 0.6) is 0 Å². The predicted molar refractivity (Wildman–Crippen MR) is 83.2 cm³/mol. The lowest BCUT2D eigenvalue weighted by molar-refractivity contribution is 0.0855. The average molecular weight is 300 g/mol. The molecule has 0 radical (unpaired) electrons. The Labute approximate surface area is 126 Å². The molecule has 0 saturated carbocycles. The molecule has 0 aromatic carbocycles. The first-order valence-corrected chi connectivity index (χ1v) is 7.72. The van der Waals surface area contributed by atoms with Crippen LogP contribution in [0.2, 0.25) is 5.02 Å². The second-order valence-corrected chi connectivity index (χ2v) is 6.15. The van der Waals surface area contributed by atoms with E-state index in [2.05, 4.69) is 41.2 Å². The minimum atomic E-state index is 0.211. The Bertz CT molecular complexity index is 414. The summed E-state index contributed by atoms with van der Waals surface area (Å²) >= 11 is 6.37. The number of piperazine rings is 1. The summed E-state index contributed by atoms with van der Waals surface area (Å²) in [6.45, 7) is 6.42. The van der Waals surface area contributed by atoms with E-state index in [1.807, 2.05) is 11.7 Å². The maximum absolute atomic E-state index is 6.37. The number of aromatic nitrogens is 2. The lowest BCUT2D eigenvalue weighted by atomic mass is 10.0. The van der Waals surface area contributed by atoms with Crippen LogP contribution < -0.4 is 5.32 Å². The van der Waals surface area contributed by atoms with Gasteiger partial charge in [0.15, 0.2) is 0 Å². The Morgan fingerprint density at radius 3 is 2.75 bits per heavy atom. The quantitative estimate of drug-likeness (QED) is 0.891. The number of halogens is 1. The summed E-state index contributed by atoms with van der Waals surface area (Å²) < 4.78 is 1.90. The molecule has 1 aliphatic rings. The fourth-order valence-corrected chi connectivity index (χ4v) is 3.17. The second kappa shape index (κ2) is 6.89. The maximum atomic E-state index is 6.37. The van der Waals surface area contributed by atoms with Crippen LogP contribution in [0, 0.1) is 0 Å². The van der Waals surface area contributed by atoms with Gasteiger partial charge < -0.3 is 10.2 Å². The summed E-state index contributed by atoms with van der Waals surface area (Å²) in [5, 5.41) is 8.71. The van der Waals surface area contributed by atoms with Crippen LogP contribution >= 0.6 is 11.6 Å². The third-order valence-electron chi connectivity index (χ3n) is 4.13. The summed E-state index contributed by atoms with van der Waals surface area (Å²) in [6, 6.07) is 0.621. The van der Waals surface area contributed by atoms with Gasteiger partial charge in [-0.15, -0.1) is 0 Å². The van der Waals surface area contributed by atoms with Crippen molar-refractivity contribution in [2.24, 2.45) is 7.05 Å². The third-order valence-corrected chi connectivity index (χ3v) is 4.42. The van der Waals surface area contributed by atoms with Crippen LogP contribution in [-0.4, -0.2) is 65.9 Å². The molecule has 1 aliphatic heterocycles. The molecular formula is C14H26ClN5. The van der Waals surface area contributed by atoms with Gasteiger partial charge in [-0.05, 0) is 27.1 Å². The van der Waals surface area contributed by atoms with Gasteiger partial charge in [-0.2, -0.15) is 5.10 Å². The molecular weight excluding hydrogens is 274 g/mol. The maximum Gasteiger partial charge on any atom is 0.0834 e. The van der Waals surface area contributed by atoms with Crippen molar-refractivity contribution in [3.8, 4) is 0 Å². The molecule has 0 aliphatic carbocycles. The van der Waals surface area contributed by atoms with E-state index in [4.69, 9.17) is 11.6 Å². The third kappa shape index (κ3) is 3.34. The number of nitrogens with zero attached hydrogens (tertiary/aromatic N) is 4. The highest BCUT2D eigenvalue weighted by Crippen LogP contribution is 2.28. The van der Waals surface area contributed by atoms with E-state index >= 15 is 0 Å². The number of rotatable bonds is 5. The molecule has 20 heavy (non-hydrogen) atoms. The van der Waals surface area contributed by atoms with Gasteiger partial charge in [-0.3, -0.25) is 9.58 Å². The summed E-state index contributed by atoms with van der Waals surface area (Å²) in [6.07, 6.45) is 2.85. The first-order chi connectivity index (χ1) is 9.54. The minimum Gasteiger partial charge on any atom is -0.307 e. The molecule has 0 amide bonds. The van der Waals surface area contributed by atoms with E-state index < -0.39 is 0 Å². The SMILES string of the molecule is CCCNC(c1c(Cl)cnn1C)C1CN(C)CCN1C. The van der Waals surface area contributed by atoms with Crippen molar-refractivity contribution in [2.45, 2.75) is 25.4 Å². The molecule has 1 aromatic heterocycles. The summed E-state index contributed by atoms with van der Waals surface area (Å²) in [5.74, 6) is 0. The van der Waals surface area contributed by atoms with Gasteiger partial charge in [0.05, 0.1) is 23.0 Å². The highest BCUT2D eigenvalue weighted by atomic mass is 35.5. The fourth-order valence-electron chi connectivity index (χ4n) is 2.89. The van der Waals surface area contributed by atoms with Gasteiger partial charge in [-0.25, -0.2) is 0 Å². The number of hydrogen-bond donors (Lipinski definition) is 1. The molecule has 1 N–H and O–H groups in total. The Kier molecular flexibility index (Phi) is 5.43. The highest BCUT2D eigenvalue weighted by Gasteiger charge is 2.33. The van der Waals surface area contributed by atoms with Crippen molar-refractivity contribution < 1.29 is 0 Å². The average Bonchev–Trinajstić information content (AvgIpc) is 2.74. The molecule has 2 atom stereocenters. The Hall–Kier alpha value is -0.620. The number of likely N-dealkylation sites (N-methyl/N-ethyl adjacent to an activating group) is 2. The van der Waals surface area contributed by atoms with E-state index in [0.29, 0.717) is 6.04 Å². The first kappa shape index (κ1) is 15.8. The number of hydrogen-bond acceptors (Lipinski definition) is 4. The molecule has 114 valence electrons.